The van der Waals surface area contributed by atoms with Gasteiger partial charge in [0.05, 0.1) is 5.69 Å². The molecule has 0 radical (unpaired) electrons. The van der Waals surface area contributed by atoms with Gasteiger partial charge in [0.1, 0.15) is 11.7 Å². The number of nitriles is 1. The Labute approximate surface area is 159 Å². The van der Waals surface area contributed by atoms with E-state index < -0.39 is 11.4 Å². The van der Waals surface area contributed by atoms with Crippen molar-refractivity contribution >= 4 is 23.3 Å². The molecule has 1 amide bonds. The van der Waals surface area contributed by atoms with Gasteiger partial charge in [-0.2, -0.15) is 10.4 Å². The highest BCUT2D eigenvalue weighted by Gasteiger charge is 2.35. The summed E-state index contributed by atoms with van der Waals surface area (Å²) in [7, 11) is 0. The van der Waals surface area contributed by atoms with Crippen molar-refractivity contribution in [1.82, 2.24) is 4.90 Å². The van der Waals surface area contributed by atoms with E-state index in [9.17, 15) is 4.79 Å². The first-order valence-corrected chi connectivity index (χ1v) is 8.62. The zero-order chi connectivity index (χ0) is 20.4. The number of amides is 1. The average molecular weight is 370 g/mol. The SMILES string of the molecule is CC(C)(C)OC(=O)N1Cc2cc(N/N=C(\C#N)C(=N)N)ccc2C(C)(C)C1. The van der Waals surface area contributed by atoms with E-state index in [2.05, 4.69) is 24.4 Å². The molecule has 4 N–H and O–H groups in total. The van der Waals surface area contributed by atoms with Crippen LogP contribution in [0.1, 0.15) is 45.7 Å². The number of nitrogens with one attached hydrogen (secondary N) is 2. The van der Waals surface area contributed by atoms with Gasteiger partial charge in [-0.3, -0.25) is 10.8 Å². The Morgan fingerprint density at radius 1 is 1.44 bits per heavy atom. The molecule has 1 aromatic carbocycles. The first kappa shape index (κ1) is 20.2. The van der Waals surface area contributed by atoms with Gasteiger partial charge in [-0.1, -0.05) is 19.9 Å². The number of nitrogens with zero attached hydrogens (tertiary/aromatic N) is 3. The molecule has 0 bridgehead atoms. The van der Waals surface area contributed by atoms with Crippen LogP contribution in [0.5, 0.6) is 0 Å². The molecule has 27 heavy (non-hydrogen) atoms. The number of amidine groups is 1. The molecule has 0 atom stereocenters. The summed E-state index contributed by atoms with van der Waals surface area (Å²) in [4.78, 5) is 14.2. The number of hydrogen-bond donors (Lipinski definition) is 3. The number of carbonyl (C=O) groups is 1. The van der Waals surface area contributed by atoms with Crippen LogP contribution in [0.3, 0.4) is 0 Å². The van der Waals surface area contributed by atoms with Gasteiger partial charge in [0, 0.05) is 18.5 Å². The number of fused-ring (bicyclic) bond motifs is 1. The van der Waals surface area contributed by atoms with Crippen molar-refractivity contribution in [2.75, 3.05) is 12.0 Å². The number of hydrogen-bond acceptors (Lipinski definition) is 6. The van der Waals surface area contributed by atoms with Crippen LogP contribution >= 0.6 is 0 Å². The minimum absolute atomic E-state index is 0.191. The van der Waals surface area contributed by atoms with E-state index in [1.165, 1.54) is 0 Å². The molecule has 144 valence electrons. The number of ether oxygens (including phenoxy) is 1. The minimum Gasteiger partial charge on any atom is -0.444 e. The topological polar surface area (TPSA) is 128 Å². The van der Waals surface area contributed by atoms with Gasteiger partial charge in [-0.15, -0.1) is 0 Å². The number of nitrogens with two attached hydrogens (primary N) is 1. The molecule has 8 heteroatoms. The largest absolute Gasteiger partial charge is 0.444 e. The van der Waals surface area contributed by atoms with Crippen LogP contribution < -0.4 is 11.2 Å². The second-order valence-corrected chi connectivity index (χ2v) is 8.19. The maximum absolute atomic E-state index is 12.5. The van der Waals surface area contributed by atoms with Crippen molar-refractivity contribution in [3.8, 4) is 6.07 Å². The Kier molecular flexibility index (Phi) is 5.45. The number of anilines is 1. The molecule has 0 saturated carbocycles. The van der Waals surface area contributed by atoms with Crippen molar-refractivity contribution in [2.24, 2.45) is 10.8 Å². The quantitative estimate of drug-likeness (QED) is 0.428. The fourth-order valence-electron chi connectivity index (χ4n) is 3.00. The lowest BCUT2D eigenvalue weighted by atomic mass is 9.78. The summed E-state index contributed by atoms with van der Waals surface area (Å²) in [5, 5.41) is 20.1. The Bertz CT molecular complexity index is 830. The first-order valence-electron chi connectivity index (χ1n) is 8.62. The summed E-state index contributed by atoms with van der Waals surface area (Å²) < 4.78 is 5.51. The van der Waals surface area contributed by atoms with Crippen LogP contribution in [-0.2, 0) is 16.7 Å². The number of carbonyl (C=O) groups excluding carboxylic acids is 1. The van der Waals surface area contributed by atoms with Gasteiger partial charge in [-0.05, 0) is 44.0 Å². The lowest BCUT2D eigenvalue weighted by Crippen LogP contribution is -2.46. The molecule has 1 heterocycles. The molecule has 0 saturated heterocycles. The lowest BCUT2D eigenvalue weighted by Gasteiger charge is -2.40. The molecule has 0 fully saturated rings. The van der Waals surface area contributed by atoms with Gasteiger partial charge >= 0.3 is 6.09 Å². The summed E-state index contributed by atoms with van der Waals surface area (Å²) in [6.45, 7) is 10.7. The normalized spacial score (nSPS) is 16.1. The third kappa shape index (κ3) is 4.97. The van der Waals surface area contributed by atoms with Gasteiger partial charge in [-0.25, -0.2) is 4.79 Å². The van der Waals surface area contributed by atoms with E-state index in [0.29, 0.717) is 18.8 Å². The zero-order valence-corrected chi connectivity index (χ0v) is 16.4. The third-order valence-corrected chi connectivity index (χ3v) is 4.09. The van der Waals surface area contributed by atoms with E-state index in [1.54, 1.807) is 11.0 Å². The van der Waals surface area contributed by atoms with Crippen LogP contribution in [0.25, 0.3) is 0 Å². The van der Waals surface area contributed by atoms with Crippen LogP contribution in [0.2, 0.25) is 0 Å². The molecule has 1 aromatic rings. The Balaban J connectivity index is 2.28. The first-order chi connectivity index (χ1) is 12.4. The van der Waals surface area contributed by atoms with Crippen LogP contribution in [0.4, 0.5) is 10.5 Å². The van der Waals surface area contributed by atoms with Crippen molar-refractivity contribution in [1.29, 1.82) is 10.7 Å². The molecular weight excluding hydrogens is 344 g/mol. The highest BCUT2D eigenvalue weighted by molar-refractivity contribution is 6.45. The van der Waals surface area contributed by atoms with Gasteiger partial charge in [0.25, 0.3) is 0 Å². The predicted molar refractivity (Wildman–Crippen MR) is 105 cm³/mol. The summed E-state index contributed by atoms with van der Waals surface area (Å²) in [5.41, 5.74) is 9.82. The van der Waals surface area contributed by atoms with E-state index in [1.807, 2.05) is 39.0 Å². The molecule has 0 unspecified atom stereocenters. The maximum Gasteiger partial charge on any atom is 0.410 e. The Morgan fingerprint density at radius 3 is 2.67 bits per heavy atom. The summed E-state index contributed by atoms with van der Waals surface area (Å²) >= 11 is 0. The minimum atomic E-state index is -0.556. The Hall–Kier alpha value is -3.08. The van der Waals surface area contributed by atoms with E-state index >= 15 is 0 Å². The van der Waals surface area contributed by atoms with E-state index in [4.69, 9.17) is 21.1 Å². The highest BCUT2D eigenvalue weighted by Crippen LogP contribution is 2.35. The molecule has 1 aliphatic heterocycles. The van der Waals surface area contributed by atoms with Crippen molar-refractivity contribution in [3.05, 3.63) is 29.3 Å². The average Bonchev–Trinajstić information content (AvgIpc) is 2.52. The monoisotopic (exact) mass is 370 g/mol. The predicted octanol–water partition coefficient (Wildman–Crippen LogP) is 2.94. The van der Waals surface area contributed by atoms with Crippen molar-refractivity contribution < 1.29 is 9.53 Å². The molecule has 1 aliphatic rings. The maximum atomic E-state index is 12.5. The molecule has 8 nitrogen and oxygen atoms in total. The molecule has 0 aliphatic carbocycles. The highest BCUT2D eigenvalue weighted by atomic mass is 16.6. The third-order valence-electron chi connectivity index (χ3n) is 4.09. The van der Waals surface area contributed by atoms with Crippen LogP contribution in [-0.4, -0.2) is 34.7 Å². The Morgan fingerprint density at radius 2 is 2.11 bits per heavy atom. The fourth-order valence-corrected chi connectivity index (χ4v) is 3.00. The summed E-state index contributed by atoms with van der Waals surface area (Å²) in [6, 6.07) is 7.48. The summed E-state index contributed by atoms with van der Waals surface area (Å²) in [5.74, 6) is -0.403. The molecule has 0 spiro atoms. The zero-order valence-electron chi connectivity index (χ0n) is 16.4. The van der Waals surface area contributed by atoms with E-state index in [-0.39, 0.29) is 17.2 Å². The second-order valence-electron chi connectivity index (χ2n) is 8.19. The van der Waals surface area contributed by atoms with Gasteiger partial charge in [0.2, 0.25) is 5.71 Å². The van der Waals surface area contributed by atoms with Gasteiger partial charge < -0.3 is 15.4 Å². The molecule has 2 rings (SSSR count). The fraction of sp³-hybridized carbons (Fsp3) is 0.474. The van der Waals surface area contributed by atoms with Crippen LogP contribution in [0.15, 0.2) is 23.3 Å². The number of benzene rings is 1. The van der Waals surface area contributed by atoms with E-state index in [0.717, 1.165) is 11.1 Å². The van der Waals surface area contributed by atoms with Gasteiger partial charge in [0.15, 0.2) is 5.84 Å². The van der Waals surface area contributed by atoms with Crippen molar-refractivity contribution in [2.45, 2.75) is 52.2 Å². The molecular formula is C19H26N6O2. The lowest BCUT2D eigenvalue weighted by molar-refractivity contribution is 0.0174. The molecule has 0 aromatic heterocycles. The standard InChI is InChI=1S/C19H26N6O2/c1-18(2,3)27-17(26)25-10-12-8-13(23-24-15(9-20)16(21)22)6-7-14(12)19(4,5)11-25/h6-8,23H,10-11H2,1-5H3,(H3,21,22)/b24-15+. The number of hydrazone groups is 1. The van der Waals surface area contributed by atoms with Crippen molar-refractivity contribution in [3.63, 3.8) is 0 Å². The number of rotatable bonds is 3. The second kappa shape index (κ2) is 7.27. The summed E-state index contributed by atoms with van der Waals surface area (Å²) in [6.07, 6.45) is -0.346. The van der Waals surface area contributed by atoms with Crippen LogP contribution in [0, 0.1) is 16.7 Å². The smallest absolute Gasteiger partial charge is 0.410 e.